The smallest absolute Gasteiger partial charge is 0.330 e. The van der Waals surface area contributed by atoms with Gasteiger partial charge in [0.15, 0.2) is 0 Å². The van der Waals surface area contributed by atoms with Crippen LogP contribution in [0.4, 0.5) is 0 Å². The average molecular weight is 404 g/mol. The molecular weight excluding hydrogens is 386 g/mol. The second-order valence-electron chi connectivity index (χ2n) is 6.68. The predicted octanol–water partition coefficient (Wildman–Crippen LogP) is 1.28. The van der Waals surface area contributed by atoms with E-state index in [1.54, 1.807) is 29.9 Å². The molecule has 1 saturated heterocycles. The highest BCUT2D eigenvalue weighted by Gasteiger charge is 2.38. The number of ether oxygens (including phenoxy) is 1. The largest absolute Gasteiger partial charge is 0.394 e. The molecule has 0 radical (unpaired) electrons. The van der Waals surface area contributed by atoms with Crippen LogP contribution < -0.4 is 11.2 Å². The van der Waals surface area contributed by atoms with Crippen LogP contribution in [0.25, 0.3) is 11.3 Å². The molecule has 1 aliphatic heterocycles. The number of halogens is 1. The zero-order valence-electron chi connectivity index (χ0n) is 14.9. The summed E-state index contributed by atoms with van der Waals surface area (Å²) < 4.78 is 8.82. The first kappa shape index (κ1) is 18.6. The van der Waals surface area contributed by atoms with E-state index in [1.165, 1.54) is 10.8 Å². The maximum atomic E-state index is 12.2. The third-order valence-electron chi connectivity index (χ3n) is 4.83. The molecule has 1 aromatic carbocycles. The van der Waals surface area contributed by atoms with Crippen molar-refractivity contribution < 1.29 is 9.84 Å². The van der Waals surface area contributed by atoms with E-state index in [1.807, 2.05) is 12.1 Å². The van der Waals surface area contributed by atoms with Crippen LogP contribution in [0.5, 0.6) is 0 Å². The molecular formula is C18H18ClN5O4. The molecule has 0 aliphatic carbocycles. The van der Waals surface area contributed by atoms with E-state index in [0.717, 1.165) is 5.56 Å². The van der Waals surface area contributed by atoms with Crippen LogP contribution in [0.3, 0.4) is 0 Å². The maximum absolute atomic E-state index is 12.2. The van der Waals surface area contributed by atoms with Gasteiger partial charge >= 0.3 is 5.69 Å². The summed E-state index contributed by atoms with van der Waals surface area (Å²) >= 11 is 5.92. The Labute approximate surface area is 164 Å². The van der Waals surface area contributed by atoms with Crippen molar-refractivity contribution in [2.45, 2.75) is 31.7 Å². The number of hydrogen-bond acceptors (Lipinski definition) is 6. The van der Waals surface area contributed by atoms with Gasteiger partial charge in [-0.25, -0.2) is 9.48 Å². The molecule has 4 rings (SSSR count). The van der Waals surface area contributed by atoms with Crippen LogP contribution in [0.2, 0.25) is 5.02 Å². The van der Waals surface area contributed by atoms with Gasteiger partial charge in [0.1, 0.15) is 18.0 Å². The number of nitrogens with zero attached hydrogens (tertiary/aromatic N) is 4. The SMILES string of the molecule is Cc1cn([C@@H]2C[C@H](n3cc(-c4ccc(Cl)cc4)nn3)[C@@H](CO)O2)c(=O)[nH]c1=O. The van der Waals surface area contributed by atoms with Crippen LogP contribution in [-0.2, 0) is 4.74 Å². The van der Waals surface area contributed by atoms with E-state index >= 15 is 0 Å². The quantitative estimate of drug-likeness (QED) is 0.678. The molecule has 3 aromatic rings. The minimum absolute atomic E-state index is 0.242. The van der Waals surface area contributed by atoms with Crippen molar-refractivity contribution >= 4 is 11.6 Å². The highest BCUT2D eigenvalue weighted by Crippen LogP contribution is 2.36. The van der Waals surface area contributed by atoms with Gasteiger partial charge in [0.2, 0.25) is 0 Å². The number of aryl methyl sites for hydroxylation is 1. The highest BCUT2D eigenvalue weighted by atomic mass is 35.5. The minimum Gasteiger partial charge on any atom is -0.394 e. The standard InChI is InChI=1S/C18H18ClN5O4/c1-10-7-23(18(27)20-17(10)26)16-6-14(15(9-25)28-16)24-8-13(21-22-24)11-2-4-12(19)5-3-11/h2-5,7-8,14-16,25H,6,9H2,1H3,(H,20,26,27)/t14-,15+,16-/m0/s1. The molecule has 0 unspecified atom stereocenters. The van der Waals surface area contributed by atoms with Gasteiger partial charge in [0.05, 0.1) is 18.8 Å². The molecule has 0 amide bonds. The lowest BCUT2D eigenvalue weighted by atomic mass is 10.1. The van der Waals surface area contributed by atoms with Crippen LogP contribution in [0, 0.1) is 6.92 Å². The number of benzene rings is 1. The fourth-order valence-corrected chi connectivity index (χ4v) is 3.45. The van der Waals surface area contributed by atoms with Crippen LogP contribution in [0.15, 0.2) is 46.2 Å². The van der Waals surface area contributed by atoms with Crippen molar-refractivity contribution in [1.82, 2.24) is 24.5 Å². The topological polar surface area (TPSA) is 115 Å². The Hall–Kier alpha value is -2.75. The molecule has 10 heteroatoms. The zero-order chi connectivity index (χ0) is 19.8. The average Bonchev–Trinajstić information content (AvgIpc) is 3.32. The number of H-pyrrole nitrogens is 1. The minimum atomic E-state index is -0.631. The van der Waals surface area contributed by atoms with Crippen molar-refractivity contribution in [3.05, 3.63) is 68.1 Å². The summed E-state index contributed by atoms with van der Waals surface area (Å²) in [5, 5.41) is 18.7. The molecule has 3 heterocycles. The zero-order valence-corrected chi connectivity index (χ0v) is 15.7. The molecule has 1 aliphatic rings. The first-order valence-electron chi connectivity index (χ1n) is 8.72. The molecule has 0 saturated carbocycles. The Morgan fingerprint density at radius 3 is 2.75 bits per heavy atom. The van der Waals surface area contributed by atoms with Crippen LogP contribution >= 0.6 is 11.6 Å². The van der Waals surface area contributed by atoms with E-state index in [-0.39, 0.29) is 12.6 Å². The molecule has 2 N–H and O–H groups in total. The van der Waals surface area contributed by atoms with Crippen molar-refractivity contribution in [3.63, 3.8) is 0 Å². The van der Waals surface area contributed by atoms with Crippen molar-refractivity contribution in [2.24, 2.45) is 0 Å². The maximum Gasteiger partial charge on any atom is 0.330 e. The van der Waals surface area contributed by atoms with Gasteiger partial charge < -0.3 is 9.84 Å². The lowest BCUT2D eigenvalue weighted by Gasteiger charge is -2.15. The fourth-order valence-electron chi connectivity index (χ4n) is 3.32. The monoisotopic (exact) mass is 403 g/mol. The Kier molecular flexibility index (Phi) is 4.88. The van der Waals surface area contributed by atoms with E-state index in [9.17, 15) is 14.7 Å². The van der Waals surface area contributed by atoms with Gasteiger partial charge in [-0.1, -0.05) is 28.9 Å². The third kappa shape index (κ3) is 3.39. The van der Waals surface area contributed by atoms with Gasteiger partial charge in [-0.3, -0.25) is 14.3 Å². The van der Waals surface area contributed by atoms with Crippen LogP contribution in [0.1, 0.15) is 24.3 Å². The number of rotatable bonds is 4. The number of aromatic amines is 1. The molecule has 2 aromatic heterocycles. The second-order valence-corrected chi connectivity index (χ2v) is 7.12. The Morgan fingerprint density at radius 2 is 2.04 bits per heavy atom. The van der Waals surface area contributed by atoms with Crippen molar-refractivity contribution in [3.8, 4) is 11.3 Å². The normalized spacial score (nSPS) is 21.9. The summed E-state index contributed by atoms with van der Waals surface area (Å²) in [5.74, 6) is 0. The molecule has 9 nitrogen and oxygen atoms in total. The molecule has 0 spiro atoms. The Balaban J connectivity index is 1.62. The van der Waals surface area contributed by atoms with Crippen molar-refractivity contribution in [1.29, 1.82) is 0 Å². The first-order valence-corrected chi connectivity index (χ1v) is 9.10. The van der Waals surface area contributed by atoms with Gasteiger partial charge in [0.25, 0.3) is 5.56 Å². The van der Waals surface area contributed by atoms with E-state index in [2.05, 4.69) is 15.3 Å². The Bertz CT molecular complexity index is 1100. The summed E-state index contributed by atoms with van der Waals surface area (Å²) in [6, 6.07) is 6.91. The van der Waals surface area contributed by atoms with Gasteiger partial charge in [-0.05, 0) is 19.1 Å². The molecule has 3 atom stereocenters. The second kappa shape index (κ2) is 7.34. The summed E-state index contributed by atoms with van der Waals surface area (Å²) in [7, 11) is 0. The first-order chi connectivity index (χ1) is 13.5. The summed E-state index contributed by atoms with van der Waals surface area (Å²) in [6.45, 7) is 1.37. The van der Waals surface area contributed by atoms with Gasteiger partial charge in [-0.15, -0.1) is 5.10 Å². The predicted molar refractivity (Wildman–Crippen MR) is 101 cm³/mol. The van der Waals surface area contributed by atoms with Gasteiger partial charge in [0, 0.05) is 28.8 Å². The number of aliphatic hydroxyl groups excluding tert-OH is 1. The lowest BCUT2D eigenvalue weighted by molar-refractivity contribution is -0.0323. The van der Waals surface area contributed by atoms with Gasteiger partial charge in [-0.2, -0.15) is 0 Å². The summed E-state index contributed by atoms with van der Waals surface area (Å²) in [4.78, 5) is 26.0. The van der Waals surface area contributed by atoms with E-state index in [0.29, 0.717) is 22.7 Å². The summed E-state index contributed by atoms with van der Waals surface area (Å²) in [6.07, 6.45) is 2.42. The number of aliphatic hydroxyl groups is 1. The molecule has 0 bridgehead atoms. The third-order valence-corrected chi connectivity index (χ3v) is 5.08. The van der Waals surface area contributed by atoms with E-state index < -0.39 is 23.6 Å². The number of aromatic nitrogens is 5. The van der Waals surface area contributed by atoms with Crippen molar-refractivity contribution in [2.75, 3.05) is 6.61 Å². The number of hydrogen-bond donors (Lipinski definition) is 2. The highest BCUT2D eigenvalue weighted by molar-refractivity contribution is 6.30. The number of nitrogens with one attached hydrogen (secondary N) is 1. The molecule has 146 valence electrons. The summed E-state index contributed by atoms with van der Waals surface area (Å²) in [5.41, 5.74) is 0.933. The molecule has 28 heavy (non-hydrogen) atoms. The lowest BCUT2D eigenvalue weighted by Crippen LogP contribution is -2.33. The molecule has 1 fully saturated rings. The van der Waals surface area contributed by atoms with E-state index in [4.69, 9.17) is 16.3 Å². The van der Waals surface area contributed by atoms with Crippen LogP contribution in [-0.4, -0.2) is 42.4 Å². The Morgan fingerprint density at radius 1 is 1.29 bits per heavy atom. The fraction of sp³-hybridized carbons (Fsp3) is 0.333.